The fraction of sp³-hybridized carbons (Fsp3) is 0.538. The van der Waals surface area contributed by atoms with Gasteiger partial charge in [0.05, 0.1) is 18.3 Å². The Bertz CT molecular complexity index is 350. The summed E-state index contributed by atoms with van der Waals surface area (Å²) in [7, 11) is 1.54. The first-order chi connectivity index (χ1) is 8.56. The summed E-state index contributed by atoms with van der Waals surface area (Å²) in [5.41, 5.74) is 0.471. The van der Waals surface area contributed by atoms with Gasteiger partial charge in [-0.15, -0.1) is 0 Å². The second kappa shape index (κ2) is 7.20. The number of aromatic hydroxyl groups is 2. The van der Waals surface area contributed by atoms with Crippen LogP contribution in [0.25, 0.3) is 0 Å². The Kier molecular flexibility index (Phi) is 5.91. The fourth-order valence-electron chi connectivity index (χ4n) is 1.83. The van der Waals surface area contributed by atoms with Crippen molar-refractivity contribution in [3.8, 4) is 11.5 Å². The lowest BCUT2D eigenvalue weighted by molar-refractivity contribution is 0.0590. The number of methoxy groups -OCH3 is 1. The van der Waals surface area contributed by atoms with E-state index in [0.29, 0.717) is 25.1 Å². The molecule has 5 heteroatoms. The van der Waals surface area contributed by atoms with Crippen molar-refractivity contribution >= 4 is 0 Å². The van der Waals surface area contributed by atoms with Crippen molar-refractivity contribution in [2.24, 2.45) is 0 Å². The summed E-state index contributed by atoms with van der Waals surface area (Å²) in [4.78, 5) is 0. The summed E-state index contributed by atoms with van der Waals surface area (Å²) in [5, 5.41) is 32.0. The molecule has 4 N–H and O–H groups in total. The molecule has 1 rings (SSSR count). The van der Waals surface area contributed by atoms with Crippen molar-refractivity contribution in [2.75, 3.05) is 20.3 Å². The molecule has 0 amide bonds. The number of hydrogen-bond acceptors (Lipinski definition) is 5. The van der Waals surface area contributed by atoms with Crippen molar-refractivity contribution in [2.45, 2.75) is 25.5 Å². The van der Waals surface area contributed by atoms with Crippen molar-refractivity contribution in [3.05, 3.63) is 23.8 Å². The second-order valence-electron chi connectivity index (χ2n) is 4.28. The summed E-state index contributed by atoms with van der Waals surface area (Å²) >= 11 is 0. The van der Waals surface area contributed by atoms with Crippen LogP contribution in [0, 0.1) is 0 Å². The minimum atomic E-state index is -0.507. The van der Waals surface area contributed by atoms with E-state index < -0.39 is 6.10 Å². The minimum absolute atomic E-state index is 0.0624. The van der Waals surface area contributed by atoms with Crippen LogP contribution in [0.2, 0.25) is 0 Å². The topological polar surface area (TPSA) is 82.0 Å². The van der Waals surface area contributed by atoms with Gasteiger partial charge in [0.2, 0.25) is 0 Å². The zero-order valence-corrected chi connectivity index (χ0v) is 10.8. The van der Waals surface area contributed by atoms with Gasteiger partial charge in [-0.2, -0.15) is 0 Å². The standard InChI is InChI=1S/C13H21NO4/c1-9(14-7-6-10(15)8-18-2)13-11(16)4-3-5-12(13)17/h3-5,9-10,14-17H,6-8H2,1-2H3. The molecule has 0 aliphatic heterocycles. The van der Waals surface area contributed by atoms with Gasteiger partial charge in [0.15, 0.2) is 0 Å². The Balaban J connectivity index is 2.48. The Hall–Kier alpha value is -1.30. The van der Waals surface area contributed by atoms with E-state index in [1.54, 1.807) is 13.2 Å². The van der Waals surface area contributed by atoms with E-state index in [-0.39, 0.29) is 17.5 Å². The van der Waals surface area contributed by atoms with Crippen molar-refractivity contribution < 1.29 is 20.1 Å². The van der Waals surface area contributed by atoms with E-state index in [0.717, 1.165) is 0 Å². The number of hydrogen-bond donors (Lipinski definition) is 4. The third-order valence-corrected chi connectivity index (χ3v) is 2.78. The number of aliphatic hydroxyl groups excluding tert-OH is 1. The smallest absolute Gasteiger partial charge is 0.124 e. The summed E-state index contributed by atoms with van der Waals surface area (Å²) in [6.45, 7) is 2.72. The predicted molar refractivity (Wildman–Crippen MR) is 68.7 cm³/mol. The molecule has 0 aliphatic rings. The van der Waals surface area contributed by atoms with Gasteiger partial charge < -0.3 is 25.4 Å². The fourth-order valence-corrected chi connectivity index (χ4v) is 1.83. The molecule has 0 radical (unpaired) electrons. The normalized spacial score (nSPS) is 14.4. The third kappa shape index (κ3) is 4.18. The molecule has 1 aromatic carbocycles. The number of rotatable bonds is 7. The summed E-state index contributed by atoms with van der Waals surface area (Å²) < 4.78 is 4.83. The average Bonchev–Trinajstić information content (AvgIpc) is 2.29. The first kappa shape index (κ1) is 14.8. The van der Waals surface area contributed by atoms with Gasteiger partial charge in [-0.05, 0) is 32.0 Å². The maximum atomic E-state index is 9.69. The maximum Gasteiger partial charge on any atom is 0.124 e. The van der Waals surface area contributed by atoms with E-state index in [9.17, 15) is 15.3 Å². The lowest BCUT2D eigenvalue weighted by atomic mass is 10.1. The van der Waals surface area contributed by atoms with E-state index in [1.807, 2.05) is 6.92 Å². The lowest BCUT2D eigenvalue weighted by Gasteiger charge is -2.18. The molecule has 0 fully saturated rings. The van der Waals surface area contributed by atoms with E-state index in [1.165, 1.54) is 12.1 Å². The highest BCUT2D eigenvalue weighted by molar-refractivity contribution is 5.44. The highest BCUT2D eigenvalue weighted by Crippen LogP contribution is 2.31. The SMILES string of the molecule is COCC(O)CCNC(C)c1c(O)cccc1O. The van der Waals surface area contributed by atoms with Crippen LogP contribution in [0.4, 0.5) is 0 Å². The van der Waals surface area contributed by atoms with E-state index >= 15 is 0 Å². The highest BCUT2D eigenvalue weighted by Gasteiger charge is 2.14. The molecule has 0 bridgehead atoms. The quantitative estimate of drug-likeness (QED) is 0.587. The summed E-state index contributed by atoms with van der Waals surface area (Å²) in [6.07, 6.45) is 0.0414. The molecule has 0 spiro atoms. The van der Waals surface area contributed by atoms with Crippen LogP contribution in [0.5, 0.6) is 11.5 Å². The number of nitrogens with one attached hydrogen (secondary N) is 1. The Morgan fingerprint density at radius 1 is 1.28 bits per heavy atom. The van der Waals surface area contributed by atoms with Gasteiger partial charge >= 0.3 is 0 Å². The van der Waals surface area contributed by atoms with Crippen molar-refractivity contribution in [3.63, 3.8) is 0 Å². The predicted octanol–water partition coefficient (Wildman–Crippen LogP) is 1.15. The molecule has 5 nitrogen and oxygen atoms in total. The Morgan fingerprint density at radius 3 is 2.44 bits per heavy atom. The zero-order chi connectivity index (χ0) is 13.5. The van der Waals surface area contributed by atoms with Gasteiger partial charge in [0, 0.05) is 13.2 Å². The number of benzene rings is 1. The molecule has 1 aromatic rings. The first-order valence-electron chi connectivity index (χ1n) is 5.97. The molecule has 2 unspecified atom stereocenters. The largest absolute Gasteiger partial charge is 0.507 e. The number of ether oxygens (including phenoxy) is 1. The molecule has 0 saturated carbocycles. The monoisotopic (exact) mass is 255 g/mol. The summed E-state index contributed by atoms with van der Waals surface area (Å²) in [5.74, 6) is 0.125. The first-order valence-corrected chi connectivity index (χ1v) is 5.97. The van der Waals surface area contributed by atoms with Crippen LogP contribution in [0.1, 0.15) is 24.9 Å². The van der Waals surface area contributed by atoms with Crippen molar-refractivity contribution in [1.29, 1.82) is 0 Å². The Morgan fingerprint density at radius 2 is 1.89 bits per heavy atom. The molecular weight excluding hydrogens is 234 g/mol. The molecule has 0 saturated heterocycles. The molecule has 2 atom stereocenters. The van der Waals surface area contributed by atoms with Gasteiger partial charge in [0.1, 0.15) is 11.5 Å². The van der Waals surface area contributed by atoms with Crippen LogP contribution in [-0.2, 0) is 4.74 Å². The van der Waals surface area contributed by atoms with Crippen molar-refractivity contribution in [1.82, 2.24) is 5.32 Å². The molecule has 0 heterocycles. The summed E-state index contributed by atoms with van der Waals surface area (Å²) in [6, 6.07) is 4.46. The molecule has 18 heavy (non-hydrogen) atoms. The third-order valence-electron chi connectivity index (χ3n) is 2.78. The number of aliphatic hydroxyl groups is 1. The van der Waals surface area contributed by atoms with Gasteiger partial charge in [-0.25, -0.2) is 0 Å². The average molecular weight is 255 g/mol. The van der Waals surface area contributed by atoms with E-state index in [4.69, 9.17) is 4.74 Å². The van der Waals surface area contributed by atoms with Crippen LogP contribution >= 0.6 is 0 Å². The molecule has 0 aliphatic carbocycles. The zero-order valence-electron chi connectivity index (χ0n) is 10.8. The highest BCUT2D eigenvalue weighted by atomic mass is 16.5. The Labute approximate surface area is 107 Å². The lowest BCUT2D eigenvalue weighted by Crippen LogP contribution is -2.25. The van der Waals surface area contributed by atoms with Crippen LogP contribution in [0.15, 0.2) is 18.2 Å². The molecular formula is C13H21NO4. The van der Waals surface area contributed by atoms with Gasteiger partial charge in [-0.3, -0.25) is 0 Å². The van der Waals surface area contributed by atoms with Crippen LogP contribution < -0.4 is 5.32 Å². The number of phenolic OH excluding ortho intramolecular Hbond substituents is 2. The minimum Gasteiger partial charge on any atom is -0.507 e. The van der Waals surface area contributed by atoms with Gasteiger partial charge in [-0.1, -0.05) is 6.07 Å². The van der Waals surface area contributed by atoms with Gasteiger partial charge in [0.25, 0.3) is 0 Å². The van der Waals surface area contributed by atoms with Crippen LogP contribution in [0.3, 0.4) is 0 Å². The molecule has 0 aromatic heterocycles. The second-order valence-corrected chi connectivity index (χ2v) is 4.28. The maximum absolute atomic E-state index is 9.69. The number of phenols is 2. The molecule has 102 valence electrons. The van der Waals surface area contributed by atoms with Crippen LogP contribution in [-0.4, -0.2) is 41.7 Å². The van der Waals surface area contributed by atoms with E-state index in [2.05, 4.69) is 5.32 Å².